The second-order valence-electron chi connectivity index (χ2n) is 7.57. The van der Waals surface area contributed by atoms with Gasteiger partial charge in [-0.1, -0.05) is 30.3 Å². The molecule has 0 N–H and O–H groups in total. The van der Waals surface area contributed by atoms with Gasteiger partial charge in [0, 0.05) is 49.3 Å². The molecule has 0 saturated carbocycles. The van der Waals surface area contributed by atoms with E-state index in [1.807, 2.05) is 56.3 Å². The number of nitrogens with zero attached hydrogens (tertiary/aromatic N) is 8. The molecule has 1 fully saturated rings. The molecule has 1 amide bonds. The zero-order valence-electron chi connectivity index (χ0n) is 17.4. The van der Waals surface area contributed by atoms with Crippen molar-refractivity contribution in [1.29, 1.82) is 0 Å². The molecule has 0 unspecified atom stereocenters. The van der Waals surface area contributed by atoms with Gasteiger partial charge in [-0.05, 0) is 26.0 Å². The molecule has 4 aromatic rings. The second-order valence-corrected chi connectivity index (χ2v) is 7.57. The van der Waals surface area contributed by atoms with Crippen molar-refractivity contribution in [3.8, 4) is 11.4 Å². The lowest BCUT2D eigenvalue weighted by molar-refractivity contribution is 0.0734. The molecule has 0 spiro atoms. The Kier molecular flexibility index (Phi) is 4.78. The Labute approximate surface area is 179 Å². The molecule has 0 atom stereocenters. The van der Waals surface area contributed by atoms with Gasteiger partial charge in [-0.3, -0.25) is 4.79 Å². The van der Waals surface area contributed by atoms with Crippen molar-refractivity contribution in [2.75, 3.05) is 31.1 Å². The van der Waals surface area contributed by atoms with Crippen LogP contribution in [0.2, 0.25) is 0 Å². The normalized spacial score (nSPS) is 14.3. The number of hydrogen-bond donors (Lipinski definition) is 0. The fourth-order valence-corrected chi connectivity index (χ4v) is 3.79. The summed E-state index contributed by atoms with van der Waals surface area (Å²) < 4.78 is 1.61. The van der Waals surface area contributed by atoms with Crippen LogP contribution < -0.4 is 4.90 Å². The zero-order valence-corrected chi connectivity index (χ0v) is 17.4. The summed E-state index contributed by atoms with van der Waals surface area (Å²) in [4.78, 5) is 34.7. The Morgan fingerprint density at radius 2 is 1.71 bits per heavy atom. The zero-order chi connectivity index (χ0) is 21.4. The van der Waals surface area contributed by atoms with Gasteiger partial charge < -0.3 is 9.80 Å². The lowest BCUT2D eigenvalue weighted by atomic mass is 10.2. The third-order valence-electron chi connectivity index (χ3n) is 5.37. The van der Waals surface area contributed by atoms with Crippen LogP contribution in [0, 0.1) is 13.8 Å². The van der Waals surface area contributed by atoms with Crippen LogP contribution in [0.3, 0.4) is 0 Å². The summed E-state index contributed by atoms with van der Waals surface area (Å²) in [6, 6.07) is 13.7. The molecule has 156 valence electrons. The van der Waals surface area contributed by atoms with Gasteiger partial charge in [0.2, 0.25) is 5.82 Å². The van der Waals surface area contributed by atoms with Crippen molar-refractivity contribution in [2.45, 2.75) is 13.8 Å². The maximum absolute atomic E-state index is 13.0. The molecule has 1 aliphatic heterocycles. The van der Waals surface area contributed by atoms with E-state index in [9.17, 15) is 4.79 Å². The summed E-state index contributed by atoms with van der Waals surface area (Å²) >= 11 is 0. The van der Waals surface area contributed by atoms with Gasteiger partial charge >= 0.3 is 0 Å². The molecule has 31 heavy (non-hydrogen) atoms. The molecule has 9 nitrogen and oxygen atoms in total. The average Bonchev–Trinajstić information content (AvgIpc) is 3.24. The Hall–Kier alpha value is -3.88. The summed E-state index contributed by atoms with van der Waals surface area (Å²) in [6.45, 7) is 6.34. The minimum Gasteiger partial charge on any atom is -0.353 e. The highest BCUT2D eigenvalue weighted by atomic mass is 16.2. The van der Waals surface area contributed by atoms with Crippen molar-refractivity contribution < 1.29 is 4.79 Å². The van der Waals surface area contributed by atoms with Crippen LogP contribution in [-0.4, -0.2) is 66.5 Å². The van der Waals surface area contributed by atoms with Gasteiger partial charge in [0.1, 0.15) is 5.82 Å². The molecule has 9 heteroatoms. The molecule has 1 aliphatic rings. The lowest BCUT2D eigenvalue weighted by Crippen LogP contribution is -2.49. The van der Waals surface area contributed by atoms with E-state index in [2.05, 4.69) is 25.0 Å². The maximum Gasteiger partial charge on any atom is 0.293 e. The highest BCUT2D eigenvalue weighted by molar-refractivity contribution is 5.91. The molecule has 0 aliphatic carbocycles. The molecule has 1 saturated heterocycles. The first-order valence-electron chi connectivity index (χ1n) is 10.2. The molecule has 5 rings (SSSR count). The summed E-state index contributed by atoms with van der Waals surface area (Å²) in [6.07, 6.45) is 1.78. The highest BCUT2D eigenvalue weighted by Gasteiger charge is 2.26. The number of carbonyl (C=O) groups is 1. The van der Waals surface area contributed by atoms with E-state index in [-0.39, 0.29) is 11.7 Å². The summed E-state index contributed by atoms with van der Waals surface area (Å²) in [5, 5.41) is 4.37. The SMILES string of the molecule is Cc1cc(C)n2nc(C(=O)N3CCN(c4ccnc(-c5ccccc5)n4)CC3)nc2n1. The first-order valence-corrected chi connectivity index (χ1v) is 10.2. The van der Waals surface area contributed by atoms with Crippen LogP contribution >= 0.6 is 0 Å². The van der Waals surface area contributed by atoms with Crippen LogP contribution in [0.15, 0.2) is 48.7 Å². The number of piperazine rings is 1. The fourth-order valence-electron chi connectivity index (χ4n) is 3.79. The maximum atomic E-state index is 13.0. The van der Waals surface area contributed by atoms with Gasteiger partial charge in [-0.15, -0.1) is 5.10 Å². The number of carbonyl (C=O) groups excluding carboxylic acids is 1. The summed E-state index contributed by atoms with van der Waals surface area (Å²) in [5.74, 6) is 2.03. The Morgan fingerprint density at radius 3 is 2.48 bits per heavy atom. The number of aryl methyl sites for hydroxylation is 2. The molecule has 3 aromatic heterocycles. The smallest absolute Gasteiger partial charge is 0.293 e. The number of aromatic nitrogens is 6. The van der Waals surface area contributed by atoms with Crippen molar-refractivity contribution >= 4 is 17.5 Å². The van der Waals surface area contributed by atoms with E-state index in [0.29, 0.717) is 37.8 Å². The third kappa shape index (κ3) is 3.70. The predicted molar refractivity (Wildman–Crippen MR) is 116 cm³/mol. The molecule has 0 bridgehead atoms. The molecular formula is C22H22N8O. The topological polar surface area (TPSA) is 92.4 Å². The van der Waals surface area contributed by atoms with Crippen molar-refractivity contribution in [2.24, 2.45) is 0 Å². The number of fused-ring (bicyclic) bond motifs is 1. The largest absolute Gasteiger partial charge is 0.353 e. The fraction of sp³-hybridized carbons (Fsp3) is 0.273. The molecular weight excluding hydrogens is 392 g/mol. The van der Waals surface area contributed by atoms with Crippen molar-refractivity contribution in [3.63, 3.8) is 0 Å². The van der Waals surface area contributed by atoms with Gasteiger partial charge in [0.25, 0.3) is 11.7 Å². The van der Waals surface area contributed by atoms with E-state index in [4.69, 9.17) is 4.98 Å². The van der Waals surface area contributed by atoms with Gasteiger partial charge in [-0.2, -0.15) is 4.98 Å². The standard InChI is InChI=1S/C22H22N8O/c1-15-14-16(2)30-22(24-15)26-20(27-30)21(31)29-12-10-28(11-13-29)18-8-9-23-19(25-18)17-6-4-3-5-7-17/h3-9,14H,10-13H2,1-2H3. The van der Waals surface area contributed by atoms with E-state index in [0.717, 1.165) is 22.8 Å². The van der Waals surface area contributed by atoms with Gasteiger partial charge in [-0.25, -0.2) is 19.5 Å². The predicted octanol–water partition coefficient (Wildman–Crippen LogP) is 2.16. The van der Waals surface area contributed by atoms with Crippen LogP contribution in [-0.2, 0) is 0 Å². The minimum atomic E-state index is -0.171. The minimum absolute atomic E-state index is 0.171. The summed E-state index contributed by atoms with van der Waals surface area (Å²) in [7, 11) is 0. The van der Waals surface area contributed by atoms with Crippen molar-refractivity contribution in [3.05, 3.63) is 65.9 Å². The second kappa shape index (κ2) is 7.75. The highest BCUT2D eigenvalue weighted by Crippen LogP contribution is 2.19. The lowest BCUT2D eigenvalue weighted by Gasteiger charge is -2.34. The molecule has 1 aromatic carbocycles. The van der Waals surface area contributed by atoms with E-state index >= 15 is 0 Å². The third-order valence-corrected chi connectivity index (χ3v) is 5.37. The molecule has 0 radical (unpaired) electrons. The monoisotopic (exact) mass is 414 g/mol. The van der Waals surface area contributed by atoms with E-state index in [1.54, 1.807) is 15.6 Å². The number of hydrogen-bond acceptors (Lipinski definition) is 7. The molecule has 4 heterocycles. The van der Waals surface area contributed by atoms with Crippen LogP contribution in [0.4, 0.5) is 5.82 Å². The van der Waals surface area contributed by atoms with E-state index < -0.39 is 0 Å². The Bertz CT molecular complexity index is 1250. The van der Waals surface area contributed by atoms with Gasteiger partial charge in [0.15, 0.2) is 5.82 Å². The van der Waals surface area contributed by atoms with E-state index in [1.165, 1.54) is 0 Å². The van der Waals surface area contributed by atoms with Crippen molar-refractivity contribution in [1.82, 2.24) is 34.4 Å². The quantitative estimate of drug-likeness (QED) is 0.507. The Balaban J connectivity index is 1.30. The number of benzene rings is 1. The number of anilines is 1. The number of amides is 1. The first kappa shape index (κ1) is 19.1. The summed E-state index contributed by atoms with van der Waals surface area (Å²) in [5.41, 5.74) is 2.73. The van der Waals surface area contributed by atoms with Gasteiger partial charge in [0.05, 0.1) is 0 Å². The average molecular weight is 414 g/mol. The van der Waals surface area contributed by atoms with Crippen LogP contribution in [0.25, 0.3) is 17.2 Å². The van der Waals surface area contributed by atoms with Crippen LogP contribution in [0.1, 0.15) is 22.0 Å². The number of rotatable bonds is 3. The first-order chi connectivity index (χ1) is 15.1. The Morgan fingerprint density at radius 1 is 0.935 bits per heavy atom. The van der Waals surface area contributed by atoms with Crippen LogP contribution in [0.5, 0.6) is 0 Å².